The van der Waals surface area contributed by atoms with Crippen molar-refractivity contribution in [2.24, 2.45) is 17.6 Å². The lowest BCUT2D eigenvalue weighted by atomic mass is 9.88. The van der Waals surface area contributed by atoms with E-state index in [1.54, 1.807) is 0 Å². The van der Waals surface area contributed by atoms with Gasteiger partial charge in [0, 0.05) is 38.1 Å². The van der Waals surface area contributed by atoms with Gasteiger partial charge in [-0.15, -0.1) is 0 Å². The summed E-state index contributed by atoms with van der Waals surface area (Å²) in [7, 11) is 0. The fourth-order valence-corrected chi connectivity index (χ4v) is 5.01. The minimum absolute atomic E-state index is 0.268. The molecule has 3 rings (SSSR count). The highest BCUT2D eigenvalue weighted by molar-refractivity contribution is 5.78. The van der Waals surface area contributed by atoms with Crippen LogP contribution in [0, 0.1) is 11.8 Å². The van der Waals surface area contributed by atoms with Crippen molar-refractivity contribution in [2.75, 3.05) is 26.2 Å². The molecule has 25 heavy (non-hydrogen) atoms. The van der Waals surface area contributed by atoms with E-state index in [1.165, 1.54) is 57.9 Å². The van der Waals surface area contributed by atoms with Crippen LogP contribution in [0.15, 0.2) is 0 Å². The van der Waals surface area contributed by atoms with E-state index in [-0.39, 0.29) is 11.8 Å². The molecule has 2 atom stereocenters. The number of hydrogen-bond donors (Lipinski definition) is 3. The molecule has 0 radical (unpaired) electrons. The van der Waals surface area contributed by atoms with Gasteiger partial charge in [0.1, 0.15) is 0 Å². The molecule has 5 nitrogen and oxygen atoms in total. The number of carbonyl (C=O) groups is 1. The number of nitrogens with zero attached hydrogens (tertiary/aromatic N) is 1. The Morgan fingerprint density at radius 2 is 1.72 bits per heavy atom. The minimum Gasteiger partial charge on any atom is -0.356 e. The van der Waals surface area contributed by atoms with Crippen LogP contribution in [-0.2, 0) is 4.79 Å². The van der Waals surface area contributed by atoms with Crippen molar-refractivity contribution in [3.63, 3.8) is 0 Å². The molecule has 0 aromatic heterocycles. The minimum atomic E-state index is 0.268. The van der Waals surface area contributed by atoms with Crippen molar-refractivity contribution in [1.29, 1.82) is 0 Å². The summed E-state index contributed by atoms with van der Waals surface area (Å²) >= 11 is 0. The Kier molecular flexibility index (Phi) is 7.56. The number of carbonyl (C=O) groups excluding carboxylic acids is 1. The third-order valence-corrected chi connectivity index (χ3v) is 6.53. The lowest BCUT2D eigenvalue weighted by molar-refractivity contribution is -0.125. The summed E-state index contributed by atoms with van der Waals surface area (Å²) in [5.41, 5.74) is 5.99. The Labute approximate surface area is 153 Å². The van der Waals surface area contributed by atoms with E-state index < -0.39 is 0 Å². The Bertz CT molecular complexity index is 405. The van der Waals surface area contributed by atoms with E-state index in [0.717, 1.165) is 38.3 Å². The molecule has 1 heterocycles. The molecule has 0 aromatic rings. The normalized spacial score (nSPS) is 29.8. The predicted molar refractivity (Wildman–Crippen MR) is 102 cm³/mol. The standard InChI is InChI=1S/C20H38N4O/c21-13-19-23-18(15-24(19)14-16-7-3-1-4-8-16)11-12-22-20(25)17-9-5-2-6-10-17/h16-19,23H,1-15,21H2,(H,22,25). The van der Waals surface area contributed by atoms with Crippen LogP contribution < -0.4 is 16.4 Å². The first-order chi connectivity index (χ1) is 12.3. The van der Waals surface area contributed by atoms with E-state index in [4.69, 9.17) is 5.73 Å². The Balaban J connectivity index is 1.37. The first-order valence-corrected chi connectivity index (χ1v) is 10.7. The van der Waals surface area contributed by atoms with Gasteiger partial charge in [0.05, 0.1) is 6.17 Å². The van der Waals surface area contributed by atoms with Gasteiger partial charge in [-0.3, -0.25) is 15.0 Å². The lowest BCUT2D eigenvalue weighted by Gasteiger charge is -2.29. The summed E-state index contributed by atoms with van der Waals surface area (Å²) in [5, 5.41) is 6.86. The van der Waals surface area contributed by atoms with Crippen molar-refractivity contribution in [2.45, 2.75) is 82.8 Å². The van der Waals surface area contributed by atoms with E-state index in [0.29, 0.717) is 18.8 Å². The zero-order chi connectivity index (χ0) is 17.5. The summed E-state index contributed by atoms with van der Waals surface area (Å²) in [4.78, 5) is 14.8. The third kappa shape index (κ3) is 5.66. The number of nitrogens with two attached hydrogens (primary N) is 1. The van der Waals surface area contributed by atoms with Crippen molar-refractivity contribution < 1.29 is 4.79 Å². The first-order valence-electron chi connectivity index (χ1n) is 10.7. The summed E-state index contributed by atoms with van der Waals surface area (Å²) in [6.45, 7) is 3.75. The Morgan fingerprint density at radius 1 is 1.04 bits per heavy atom. The highest BCUT2D eigenvalue weighted by atomic mass is 16.1. The van der Waals surface area contributed by atoms with Crippen LogP contribution in [0.1, 0.15) is 70.6 Å². The Hall–Kier alpha value is -0.650. The smallest absolute Gasteiger partial charge is 0.223 e. The molecular formula is C20H38N4O. The quantitative estimate of drug-likeness (QED) is 0.658. The van der Waals surface area contributed by atoms with Gasteiger partial charge >= 0.3 is 0 Å². The van der Waals surface area contributed by atoms with Gasteiger partial charge in [-0.2, -0.15) is 0 Å². The third-order valence-electron chi connectivity index (χ3n) is 6.53. The van der Waals surface area contributed by atoms with Crippen LogP contribution in [0.2, 0.25) is 0 Å². The zero-order valence-electron chi connectivity index (χ0n) is 15.8. The van der Waals surface area contributed by atoms with E-state index in [1.807, 2.05) is 0 Å². The van der Waals surface area contributed by atoms with E-state index >= 15 is 0 Å². The van der Waals surface area contributed by atoms with Crippen LogP contribution in [-0.4, -0.2) is 49.2 Å². The van der Waals surface area contributed by atoms with Gasteiger partial charge in [-0.1, -0.05) is 38.5 Å². The molecule has 3 fully saturated rings. The molecule has 144 valence electrons. The Morgan fingerprint density at radius 3 is 2.40 bits per heavy atom. The molecule has 1 saturated heterocycles. The molecule has 0 aromatic carbocycles. The van der Waals surface area contributed by atoms with Gasteiger partial charge in [-0.25, -0.2) is 0 Å². The average Bonchev–Trinajstić information content (AvgIpc) is 3.05. The topological polar surface area (TPSA) is 70.4 Å². The fourth-order valence-electron chi connectivity index (χ4n) is 5.01. The summed E-state index contributed by atoms with van der Waals surface area (Å²) in [6, 6.07) is 0.462. The lowest BCUT2D eigenvalue weighted by Crippen LogP contribution is -2.44. The van der Waals surface area contributed by atoms with Crippen LogP contribution in [0.4, 0.5) is 0 Å². The first kappa shape index (κ1) is 19.1. The number of nitrogens with one attached hydrogen (secondary N) is 2. The fraction of sp³-hybridized carbons (Fsp3) is 0.950. The SMILES string of the molecule is NCC1NC(CCNC(=O)C2CCCCC2)CN1CC1CCCCC1. The zero-order valence-corrected chi connectivity index (χ0v) is 15.8. The molecule has 1 aliphatic heterocycles. The molecule has 0 bridgehead atoms. The van der Waals surface area contributed by atoms with Crippen LogP contribution >= 0.6 is 0 Å². The van der Waals surface area contributed by atoms with Crippen LogP contribution in [0.5, 0.6) is 0 Å². The van der Waals surface area contributed by atoms with Crippen molar-refractivity contribution in [3.05, 3.63) is 0 Å². The summed E-state index contributed by atoms with van der Waals surface area (Å²) < 4.78 is 0. The highest BCUT2D eigenvalue weighted by Crippen LogP contribution is 2.26. The van der Waals surface area contributed by atoms with Crippen LogP contribution in [0.25, 0.3) is 0 Å². The van der Waals surface area contributed by atoms with Crippen molar-refractivity contribution in [1.82, 2.24) is 15.5 Å². The molecule has 2 aliphatic carbocycles. The molecule has 2 unspecified atom stereocenters. The highest BCUT2D eigenvalue weighted by Gasteiger charge is 2.32. The summed E-state index contributed by atoms with van der Waals surface area (Å²) in [5.74, 6) is 1.41. The van der Waals surface area contributed by atoms with Crippen molar-refractivity contribution in [3.8, 4) is 0 Å². The molecular weight excluding hydrogens is 312 g/mol. The predicted octanol–water partition coefficient (Wildman–Crippen LogP) is 2.21. The number of rotatable bonds is 7. The molecule has 3 aliphatic rings. The maximum Gasteiger partial charge on any atom is 0.223 e. The molecule has 1 amide bonds. The number of amides is 1. The van der Waals surface area contributed by atoms with Gasteiger partial charge in [0.2, 0.25) is 5.91 Å². The van der Waals surface area contributed by atoms with Gasteiger partial charge in [0.25, 0.3) is 0 Å². The summed E-state index contributed by atoms with van der Waals surface area (Å²) in [6.07, 6.45) is 14.2. The maximum absolute atomic E-state index is 12.3. The second-order valence-electron chi connectivity index (χ2n) is 8.49. The molecule has 4 N–H and O–H groups in total. The maximum atomic E-state index is 12.3. The molecule has 5 heteroatoms. The van der Waals surface area contributed by atoms with Crippen LogP contribution in [0.3, 0.4) is 0 Å². The van der Waals surface area contributed by atoms with Gasteiger partial charge in [-0.05, 0) is 38.0 Å². The monoisotopic (exact) mass is 350 g/mol. The van der Waals surface area contributed by atoms with E-state index in [9.17, 15) is 4.79 Å². The van der Waals surface area contributed by atoms with Gasteiger partial charge in [0.15, 0.2) is 0 Å². The molecule has 2 saturated carbocycles. The number of hydrogen-bond acceptors (Lipinski definition) is 4. The molecule has 0 spiro atoms. The second-order valence-corrected chi connectivity index (χ2v) is 8.49. The van der Waals surface area contributed by atoms with Crippen molar-refractivity contribution >= 4 is 5.91 Å². The van der Waals surface area contributed by atoms with Gasteiger partial charge < -0.3 is 11.1 Å². The largest absolute Gasteiger partial charge is 0.356 e. The average molecular weight is 351 g/mol. The second kappa shape index (κ2) is 9.89. The van der Waals surface area contributed by atoms with E-state index in [2.05, 4.69) is 15.5 Å².